The molecule has 20 heavy (non-hydrogen) atoms. The molecule has 1 aromatic heterocycles. The van der Waals surface area contributed by atoms with Crippen LogP contribution in [0.2, 0.25) is 0 Å². The Hall–Kier alpha value is -1.70. The minimum atomic E-state index is -0.595. The Morgan fingerprint density at radius 3 is 3.10 bits per heavy atom. The fourth-order valence-electron chi connectivity index (χ4n) is 1.63. The lowest BCUT2D eigenvalue weighted by Gasteiger charge is -2.12. The predicted molar refractivity (Wildman–Crippen MR) is 76.1 cm³/mol. The van der Waals surface area contributed by atoms with Gasteiger partial charge in [0.05, 0.1) is 18.8 Å². The molecule has 0 bridgehead atoms. The van der Waals surface area contributed by atoms with E-state index in [9.17, 15) is 5.11 Å². The van der Waals surface area contributed by atoms with Crippen molar-refractivity contribution < 1.29 is 14.6 Å². The second-order valence-corrected chi connectivity index (χ2v) is 4.75. The first-order chi connectivity index (χ1) is 9.78. The SMILES string of the molecule is COc1cccc(CNCC(O)COc2cnsn2)c1. The molecule has 0 saturated carbocycles. The molecule has 7 heteroatoms. The van der Waals surface area contributed by atoms with E-state index in [0.29, 0.717) is 19.0 Å². The van der Waals surface area contributed by atoms with Gasteiger partial charge in [0.2, 0.25) is 5.88 Å². The molecular weight excluding hydrogens is 278 g/mol. The van der Waals surface area contributed by atoms with Crippen molar-refractivity contribution in [2.75, 3.05) is 20.3 Å². The molecule has 0 radical (unpaired) electrons. The first-order valence-electron chi connectivity index (χ1n) is 6.20. The molecule has 6 nitrogen and oxygen atoms in total. The average molecular weight is 295 g/mol. The minimum Gasteiger partial charge on any atom is -0.497 e. The summed E-state index contributed by atoms with van der Waals surface area (Å²) in [5.74, 6) is 1.27. The molecule has 0 spiro atoms. The van der Waals surface area contributed by atoms with E-state index in [-0.39, 0.29) is 6.61 Å². The summed E-state index contributed by atoms with van der Waals surface area (Å²) in [6, 6.07) is 7.79. The Kier molecular flexibility index (Phi) is 5.72. The topological polar surface area (TPSA) is 76.5 Å². The van der Waals surface area contributed by atoms with E-state index in [0.717, 1.165) is 23.0 Å². The van der Waals surface area contributed by atoms with E-state index in [4.69, 9.17) is 9.47 Å². The van der Waals surface area contributed by atoms with Crippen molar-refractivity contribution >= 4 is 11.7 Å². The summed E-state index contributed by atoms with van der Waals surface area (Å²) in [5, 5.41) is 12.9. The van der Waals surface area contributed by atoms with E-state index in [1.807, 2.05) is 24.3 Å². The van der Waals surface area contributed by atoms with Crippen LogP contribution in [0, 0.1) is 0 Å². The zero-order chi connectivity index (χ0) is 14.2. The van der Waals surface area contributed by atoms with Gasteiger partial charge in [-0.05, 0) is 17.7 Å². The van der Waals surface area contributed by atoms with Gasteiger partial charge in [0.15, 0.2) is 0 Å². The molecule has 1 unspecified atom stereocenters. The number of nitrogens with zero attached hydrogens (tertiary/aromatic N) is 2. The van der Waals surface area contributed by atoms with E-state index >= 15 is 0 Å². The van der Waals surface area contributed by atoms with Crippen LogP contribution in [0.15, 0.2) is 30.5 Å². The van der Waals surface area contributed by atoms with Crippen LogP contribution in [0.3, 0.4) is 0 Å². The number of hydrogen-bond acceptors (Lipinski definition) is 7. The van der Waals surface area contributed by atoms with Crippen LogP contribution in [-0.2, 0) is 6.54 Å². The van der Waals surface area contributed by atoms with Crippen molar-refractivity contribution in [2.24, 2.45) is 0 Å². The maximum absolute atomic E-state index is 9.77. The summed E-state index contributed by atoms with van der Waals surface area (Å²) in [6.07, 6.45) is 0.934. The lowest BCUT2D eigenvalue weighted by Crippen LogP contribution is -2.31. The van der Waals surface area contributed by atoms with Gasteiger partial charge in [-0.1, -0.05) is 12.1 Å². The number of methoxy groups -OCH3 is 1. The van der Waals surface area contributed by atoms with Crippen LogP contribution in [0.1, 0.15) is 5.56 Å². The predicted octanol–water partition coefficient (Wildman–Crippen LogP) is 1.08. The fourth-order valence-corrected chi connectivity index (χ4v) is 1.99. The van der Waals surface area contributed by atoms with Gasteiger partial charge >= 0.3 is 0 Å². The Morgan fingerprint density at radius 1 is 1.45 bits per heavy atom. The number of aromatic nitrogens is 2. The van der Waals surface area contributed by atoms with Gasteiger partial charge < -0.3 is 19.9 Å². The van der Waals surface area contributed by atoms with E-state index in [2.05, 4.69) is 14.1 Å². The molecule has 2 aromatic rings. The maximum Gasteiger partial charge on any atom is 0.245 e. The molecule has 0 amide bonds. The van der Waals surface area contributed by atoms with Crippen LogP contribution in [-0.4, -0.2) is 40.2 Å². The van der Waals surface area contributed by atoms with Gasteiger partial charge in [0.1, 0.15) is 24.7 Å². The van der Waals surface area contributed by atoms with Gasteiger partial charge in [0, 0.05) is 13.1 Å². The number of ether oxygens (including phenoxy) is 2. The maximum atomic E-state index is 9.77. The molecule has 1 aromatic carbocycles. The fraction of sp³-hybridized carbons (Fsp3) is 0.385. The summed E-state index contributed by atoms with van der Waals surface area (Å²) in [5.41, 5.74) is 1.10. The van der Waals surface area contributed by atoms with Crippen LogP contribution in [0.25, 0.3) is 0 Å². The molecule has 1 heterocycles. The van der Waals surface area contributed by atoms with Crippen molar-refractivity contribution in [2.45, 2.75) is 12.6 Å². The highest BCUT2D eigenvalue weighted by molar-refractivity contribution is 6.99. The molecule has 0 aliphatic carbocycles. The molecule has 2 N–H and O–H groups in total. The van der Waals surface area contributed by atoms with Crippen molar-refractivity contribution in [3.8, 4) is 11.6 Å². The summed E-state index contributed by atoms with van der Waals surface area (Å²) in [4.78, 5) is 0. The van der Waals surface area contributed by atoms with E-state index in [1.54, 1.807) is 7.11 Å². The molecule has 0 fully saturated rings. The first kappa shape index (κ1) is 14.7. The minimum absolute atomic E-state index is 0.191. The molecule has 0 saturated heterocycles. The number of benzene rings is 1. The number of hydrogen-bond donors (Lipinski definition) is 2. The average Bonchev–Trinajstić information content (AvgIpc) is 2.99. The zero-order valence-electron chi connectivity index (χ0n) is 11.2. The number of aliphatic hydroxyl groups excluding tert-OH is 1. The van der Waals surface area contributed by atoms with Gasteiger partial charge in [-0.25, -0.2) is 0 Å². The number of rotatable bonds is 8. The van der Waals surface area contributed by atoms with Crippen molar-refractivity contribution in [1.29, 1.82) is 0 Å². The Morgan fingerprint density at radius 2 is 2.35 bits per heavy atom. The van der Waals surface area contributed by atoms with Crippen molar-refractivity contribution in [3.05, 3.63) is 36.0 Å². The molecule has 0 aliphatic heterocycles. The smallest absolute Gasteiger partial charge is 0.245 e. The standard InChI is InChI=1S/C13H17N3O3S/c1-18-12-4-2-3-10(5-12)6-14-7-11(17)9-19-13-8-15-20-16-13/h2-5,8,11,14,17H,6-7,9H2,1H3. The van der Waals surface area contributed by atoms with Gasteiger partial charge in [-0.15, -0.1) is 4.37 Å². The lowest BCUT2D eigenvalue weighted by molar-refractivity contribution is 0.104. The summed E-state index contributed by atoms with van der Waals surface area (Å²) in [7, 11) is 1.64. The van der Waals surface area contributed by atoms with Crippen molar-refractivity contribution in [3.63, 3.8) is 0 Å². The first-order valence-corrected chi connectivity index (χ1v) is 6.93. The molecule has 2 rings (SSSR count). The van der Waals surface area contributed by atoms with E-state index < -0.39 is 6.10 Å². The Balaban J connectivity index is 1.66. The quantitative estimate of drug-likeness (QED) is 0.759. The van der Waals surface area contributed by atoms with Gasteiger partial charge in [-0.2, -0.15) is 4.37 Å². The van der Waals surface area contributed by atoms with Crippen LogP contribution in [0.4, 0.5) is 0 Å². The zero-order valence-corrected chi connectivity index (χ0v) is 12.0. The highest BCUT2D eigenvalue weighted by Gasteiger charge is 2.06. The summed E-state index contributed by atoms with van der Waals surface area (Å²) < 4.78 is 18.1. The number of nitrogens with one attached hydrogen (secondary N) is 1. The normalized spacial score (nSPS) is 12.1. The highest BCUT2D eigenvalue weighted by Crippen LogP contribution is 2.12. The van der Waals surface area contributed by atoms with Crippen molar-refractivity contribution in [1.82, 2.24) is 14.1 Å². The molecule has 1 atom stereocenters. The monoisotopic (exact) mass is 295 g/mol. The second kappa shape index (κ2) is 7.78. The van der Waals surface area contributed by atoms with E-state index in [1.165, 1.54) is 6.20 Å². The highest BCUT2D eigenvalue weighted by atomic mass is 32.1. The molecule has 108 valence electrons. The third-order valence-corrected chi connectivity index (χ3v) is 3.07. The Bertz CT molecular complexity index is 507. The third-order valence-electron chi connectivity index (χ3n) is 2.61. The lowest BCUT2D eigenvalue weighted by atomic mass is 10.2. The largest absolute Gasteiger partial charge is 0.497 e. The van der Waals surface area contributed by atoms with Gasteiger partial charge in [-0.3, -0.25) is 0 Å². The van der Waals surface area contributed by atoms with Gasteiger partial charge in [0.25, 0.3) is 0 Å². The molecule has 0 aliphatic rings. The number of aliphatic hydroxyl groups is 1. The summed E-state index contributed by atoms with van der Waals surface area (Å²) in [6.45, 7) is 1.29. The second-order valence-electron chi connectivity index (χ2n) is 4.19. The van der Waals surface area contributed by atoms with Crippen LogP contribution in [0.5, 0.6) is 11.6 Å². The molecular formula is C13H17N3O3S. The summed E-state index contributed by atoms with van der Waals surface area (Å²) >= 11 is 1.08. The third kappa shape index (κ3) is 4.76. The van der Waals surface area contributed by atoms with Crippen LogP contribution < -0.4 is 14.8 Å². The Labute approximate surface area is 121 Å². The van der Waals surface area contributed by atoms with Crippen LogP contribution >= 0.6 is 11.7 Å².